The number of aromatic amines is 1. The highest BCUT2D eigenvalue weighted by Gasteiger charge is 2.42. The molecule has 2 aromatic rings. The van der Waals surface area contributed by atoms with E-state index in [-0.39, 0.29) is 26.1 Å². The van der Waals surface area contributed by atoms with Crippen molar-refractivity contribution >= 4 is 5.69 Å². The minimum atomic E-state index is -1.25. The van der Waals surface area contributed by atoms with Crippen LogP contribution in [0.4, 0.5) is 10.1 Å². The van der Waals surface area contributed by atoms with Gasteiger partial charge in [-0.1, -0.05) is 30.3 Å². The van der Waals surface area contributed by atoms with E-state index >= 15 is 0 Å². The van der Waals surface area contributed by atoms with E-state index in [1.165, 1.54) is 0 Å². The van der Waals surface area contributed by atoms with Crippen LogP contribution in [0.5, 0.6) is 0 Å². The summed E-state index contributed by atoms with van der Waals surface area (Å²) in [5, 5.41) is 10.9. The smallest absolute Gasteiger partial charge is 0.350 e. The van der Waals surface area contributed by atoms with Crippen LogP contribution < -0.4 is 11.2 Å². The van der Waals surface area contributed by atoms with Gasteiger partial charge in [-0.3, -0.25) is 24.5 Å². The normalized spacial score (nSPS) is 22.0. The topological polar surface area (TPSA) is 116 Å². The Morgan fingerprint density at radius 2 is 2.11 bits per heavy atom. The van der Waals surface area contributed by atoms with E-state index in [1.807, 2.05) is 35.3 Å². The van der Waals surface area contributed by atoms with Gasteiger partial charge in [0.05, 0.1) is 24.3 Å². The van der Waals surface area contributed by atoms with Gasteiger partial charge >= 0.3 is 16.9 Å². The number of rotatable bonds is 7. The zero-order chi connectivity index (χ0) is 19.4. The second-order valence-corrected chi connectivity index (χ2v) is 6.34. The Labute approximate surface area is 152 Å². The second kappa shape index (κ2) is 7.80. The summed E-state index contributed by atoms with van der Waals surface area (Å²) >= 11 is 0. The van der Waals surface area contributed by atoms with Crippen LogP contribution in [-0.2, 0) is 16.1 Å². The van der Waals surface area contributed by atoms with Crippen molar-refractivity contribution in [1.29, 1.82) is 0 Å². The first-order valence-electron chi connectivity index (χ1n) is 8.29. The molecule has 1 aromatic carbocycles. The molecular formula is C17H18FN3O6. The van der Waals surface area contributed by atoms with Gasteiger partial charge in [0, 0.05) is 0 Å². The van der Waals surface area contributed by atoms with Crippen LogP contribution >= 0.6 is 0 Å². The van der Waals surface area contributed by atoms with Crippen molar-refractivity contribution < 1.29 is 18.8 Å². The number of ether oxygens (including phenoxy) is 2. The molecule has 0 radical (unpaired) electrons. The van der Waals surface area contributed by atoms with Gasteiger partial charge in [-0.05, 0) is 18.4 Å². The molecule has 1 N–H and O–H groups in total. The Hall–Kier alpha value is -2.85. The molecule has 1 saturated heterocycles. The number of H-pyrrole nitrogens is 1. The maximum atomic E-state index is 13.7. The number of nitrogens with one attached hydrogen (secondary N) is 1. The third-order valence-corrected chi connectivity index (χ3v) is 4.41. The minimum Gasteiger partial charge on any atom is -0.374 e. The standard InChI is InChI=1S/C17H18FN3O6/c18-10-17(11-26-9-12-4-2-1-3-5-12)7-6-14(27-17)20-8-13(21(24)25)15(22)19-16(20)23/h1-5,8,14H,6-7,9-11H2,(H,19,22,23)/t14-,17-/m1/s1. The van der Waals surface area contributed by atoms with E-state index in [4.69, 9.17) is 9.47 Å². The molecule has 0 amide bonds. The summed E-state index contributed by atoms with van der Waals surface area (Å²) in [5.74, 6) is 0. The molecule has 1 fully saturated rings. The summed E-state index contributed by atoms with van der Waals surface area (Å²) in [6, 6.07) is 9.35. The molecule has 10 heteroatoms. The number of alkyl halides is 1. The predicted molar refractivity (Wildman–Crippen MR) is 92.1 cm³/mol. The summed E-state index contributed by atoms with van der Waals surface area (Å²) in [5.41, 5.74) is -3.05. The highest BCUT2D eigenvalue weighted by molar-refractivity contribution is 5.21. The molecule has 1 aliphatic rings. The van der Waals surface area contributed by atoms with E-state index in [0.29, 0.717) is 0 Å². The predicted octanol–water partition coefficient (Wildman–Crippen LogP) is 1.68. The highest BCUT2D eigenvalue weighted by Crippen LogP contribution is 2.36. The zero-order valence-electron chi connectivity index (χ0n) is 14.3. The molecule has 2 heterocycles. The van der Waals surface area contributed by atoms with Crippen LogP contribution in [0.3, 0.4) is 0 Å². The fourth-order valence-corrected chi connectivity index (χ4v) is 2.98. The van der Waals surface area contributed by atoms with Crippen molar-refractivity contribution in [2.45, 2.75) is 31.3 Å². The Morgan fingerprint density at radius 1 is 1.37 bits per heavy atom. The highest BCUT2D eigenvalue weighted by atomic mass is 19.1. The number of halogens is 1. The number of nitro groups is 1. The molecule has 1 aromatic heterocycles. The quantitative estimate of drug-likeness (QED) is 0.578. The van der Waals surface area contributed by atoms with Crippen LogP contribution in [0.15, 0.2) is 46.1 Å². The minimum absolute atomic E-state index is 0.0326. The van der Waals surface area contributed by atoms with Gasteiger partial charge in [-0.15, -0.1) is 0 Å². The first kappa shape index (κ1) is 18.9. The van der Waals surface area contributed by atoms with Gasteiger partial charge in [0.15, 0.2) is 0 Å². The first-order chi connectivity index (χ1) is 12.9. The molecule has 9 nitrogen and oxygen atoms in total. The maximum absolute atomic E-state index is 13.7. The van der Waals surface area contributed by atoms with E-state index in [2.05, 4.69) is 0 Å². The average Bonchev–Trinajstić information content (AvgIpc) is 3.07. The van der Waals surface area contributed by atoms with Crippen molar-refractivity contribution in [1.82, 2.24) is 9.55 Å². The Bertz CT molecular complexity index is 928. The molecule has 3 rings (SSSR count). The van der Waals surface area contributed by atoms with Crippen molar-refractivity contribution in [3.8, 4) is 0 Å². The average molecular weight is 379 g/mol. The van der Waals surface area contributed by atoms with Crippen molar-refractivity contribution in [2.75, 3.05) is 13.3 Å². The second-order valence-electron chi connectivity index (χ2n) is 6.34. The number of nitrogens with zero attached hydrogens (tertiary/aromatic N) is 2. The zero-order valence-corrected chi connectivity index (χ0v) is 14.3. The molecule has 0 unspecified atom stereocenters. The van der Waals surface area contributed by atoms with Gasteiger partial charge in [0.1, 0.15) is 18.5 Å². The van der Waals surface area contributed by atoms with E-state index in [0.717, 1.165) is 16.3 Å². The van der Waals surface area contributed by atoms with E-state index in [9.17, 15) is 24.1 Å². The molecule has 0 saturated carbocycles. The van der Waals surface area contributed by atoms with Gasteiger partial charge < -0.3 is 9.47 Å². The number of hydrogen-bond acceptors (Lipinski definition) is 6. The van der Waals surface area contributed by atoms with Gasteiger partial charge in [0.2, 0.25) is 0 Å². The number of benzene rings is 1. The van der Waals surface area contributed by atoms with Crippen LogP contribution in [0.2, 0.25) is 0 Å². The summed E-state index contributed by atoms with van der Waals surface area (Å²) in [6.07, 6.45) is 0.416. The molecule has 0 bridgehead atoms. The fraction of sp³-hybridized carbons (Fsp3) is 0.412. The largest absolute Gasteiger partial charge is 0.374 e. The molecule has 144 valence electrons. The monoisotopic (exact) mass is 379 g/mol. The van der Waals surface area contributed by atoms with Crippen LogP contribution in [0, 0.1) is 10.1 Å². The number of hydrogen-bond donors (Lipinski definition) is 1. The Kier molecular flexibility index (Phi) is 5.47. The SMILES string of the molecule is O=c1[nH]c(=O)n([C@H]2CC[C@@](CF)(COCc3ccccc3)O2)cc1[N+](=O)[O-]. The lowest BCUT2D eigenvalue weighted by molar-refractivity contribution is -0.387. The van der Waals surface area contributed by atoms with Gasteiger partial charge in [-0.2, -0.15) is 0 Å². The van der Waals surface area contributed by atoms with E-state index < -0.39 is 40.4 Å². The van der Waals surface area contributed by atoms with Crippen molar-refractivity contribution in [2.24, 2.45) is 0 Å². The lowest BCUT2D eigenvalue weighted by Crippen LogP contribution is -2.39. The molecular weight excluding hydrogens is 361 g/mol. The summed E-state index contributed by atoms with van der Waals surface area (Å²) in [7, 11) is 0. The number of aromatic nitrogens is 2. The molecule has 0 aliphatic carbocycles. The van der Waals surface area contributed by atoms with E-state index in [1.54, 1.807) is 0 Å². The molecule has 0 spiro atoms. The van der Waals surface area contributed by atoms with Gasteiger partial charge in [0.25, 0.3) is 0 Å². The molecule has 1 aliphatic heterocycles. The summed E-state index contributed by atoms with van der Waals surface area (Å²) in [4.78, 5) is 35.4. The Morgan fingerprint density at radius 3 is 2.78 bits per heavy atom. The lowest BCUT2D eigenvalue weighted by atomic mass is 10.0. The van der Waals surface area contributed by atoms with Crippen LogP contribution in [0.1, 0.15) is 24.6 Å². The van der Waals surface area contributed by atoms with Crippen LogP contribution in [0.25, 0.3) is 0 Å². The van der Waals surface area contributed by atoms with Crippen LogP contribution in [-0.4, -0.2) is 33.4 Å². The third-order valence-electron chi connectivity index (χ3n) is 4.41. The van der Waals surface area contributed by atoms with Gasteiger partial charge in [-0.25, -0.2) is 9.18 Å². The summed E-state index contributed by atoms with van der Waals surface area (Å²) < 4.78 is 25.9. The molecule has 2 atom stereocenters. The molecule has 27 heavy (non-hydrogen) atoms. The Balaban J connectivity index is 1.72. The summed E-state index contributed by atoms with van der Waals surface area (Å²) in [6.45, 7) is -0.589. The first-order valence-corrected chi connectivity index (χ1v) is 8.29. The van der Waals surface area contributed by atoms with Crippen molar-refractivity contribution in [3.05, 3.63) is 73.0 Å². The maximum Gasteiger partial charge on any atom is 0.350 e. The van der Waals surface area contributed by atoms with Crippen molar-refractivity contribution in [3.63, 3.8) is 0 Å². The fourth-order valence-electron chi connectivity index (χ4n) is 2.98. The lowest BCUT2D eigenvalue weighted by Gasteiger charge is -2.26. The third kappa shape index (κ3) is 4.12.